The maximum Gasteiger partial charge on any atom is 0.224 e. The molecule has 0 aromatic carbocycles. The second kappa shape index (κ2) is 2.62. The smallest absolute Gasteiger partial charge is 0.224 e. The van der Waals surface area contributed by atoms with Crippen LogP contribution in [0.5, 0.6) is 5.88 Å². The first-order chi connectivity index (χ1) is 6.24. The molecule has 0 amide bonds. The molecule has 13 heavy (non-hydrogen) atoms. The third kappa shape index (κ3) is 1.00. The number of nitrogen functional groups attached to an aromatic ring is 1. The molecule has 0 aliphatic rings. The van der Waals surface area contributed by atoms with Gasteiger partial charge in [0.05, 0.1) is 12.8 Å². The van der Waals surface area contributed by atoms with Crippen molar-refractivity contribution in [2.75, 3.05) is 12.8 Å². The number of hydrogen-bond acceptors (Lipinski definition) is 4. The van der Waals surface area contributed by atoms with Gasteiger partial charge in [-0.15, -0.1) is 10.2 Å². The molecule has 2 N–H and O–H groups in total. The zero-order valence-corrected chi connectivity index (χ0v) is 7.48. The van der Waals surface area contributed by atoms with Crippen LogP contribution >= 0.6 is 0 Å². The number of anilines is 1. The van der Waals surface area contributed by atoms with E-state index >= 15 is 0 Å². The average Bonchev–Trinajstić information content (AvgIpc) is 2.49. The molecule has 2 aromatic heterocycles. The van der Waals surface area contributed by atoms with Gasteiger partial charge in [0.25, 0.3) is 0 Å². The van der Waals surface area contributed by atoms with E-state index < -0.39 is 0 Å². The van der Waals surface area contributed by atoms with Crippen LogP contribution in [0.4, 0.5) is 5.69 Å². The Morgan fingerprint density at radius 1 is 1.38 bits per heavy atom. The fourth-order valence-corrected chi connectivity index (χ4v) is 1.31. The van der Waals surface area contributed by atoms with E-state index in [9.17, 15) is 0 Å². The molecule has 5 nitrogen and oxygen atoms in total. The summed E-state index contributed by atoms with van der Waals surface area (Å²) >= 11 is 0. The number of aryl methyl sites for hydroxylation is 1. The van der Waals surface area contributed by atoms with E-state index in [0.29, 0.717) is 11.6 Å². The molecular formula is C8H10N4O. The predicted molar refractivity (Wildman–Crippen MR) is 48.7 cm³/mol. The number of pyridine rings is 1. The quantitative estimate of drug-likeness (QED) is 0.695. The van der Waals surface area contributed by atoms with Gasteiger partial charge in [-0.2, -0.15) is 0 Å². The summed E-state index contributed by atoms with van der Waals surface area (Å²) in [6.07, 6.45) is 0. The molecule has 5 heteroatoms. The number of hydrogen-bond donors (Lipinski definition) is 1. The summed E-state index contributed by atoms with van der Waals surface area (Å²) < 4.78 is 6.93. The highest BCUT2D eigenvalue weighted by molar-refractivity contribution is 5.56. The van der Waals surface area contributed by atoms with Crippen molar-refractivity contribution in [3.05, 3.63) is 18.0 Å². The van der Waals surface area contributed by atoms with Gasteiger partial charge in [-0.3, -0.25) is 0 Å². The first kappa shape index (κ1) is 7.85. The van der Waals surface area contributed by atoms with Crippen LogP contribution in [0.1, 0.15) is 5.82 Å². The van der Waals surface area contributed by atoms with E-state index in [1.165, 1.54) is 0 Å². The molecule has 0 aliphatic heterocycles. The van der Waals surface area contributed by atoms with Crippen LogP contribution < -0.4 is 10.5 Å². The van der Waals surface area contributed by atoms with E-state index in [2.05, 4.69) is 10.2 Å². The van der Waals surface area contributed by atoms with Gasteiger partial charge in [0.15, 0.2) is 5.65 Å². The fourth-order valence-electron chi connectivity index (χ4n) is 1.31. The molecule has 0 atom stereocenters. The van der Waals surface area contributed by atoms with Gasteiger partial charge in [-0.25, -0.2) is 4.40 Å². The third-order valence-corrected chi connectivity index (χ3v) is 1.91. The molecule has 2 heterocycles. The van der Waals surface area contributed by atoms with Gasteiger partial charge in [0.1, 0.15) is 5.82 Å². The number of aromatic nitrogens is 3. The maximum absolute atomic E-state index is 5.72. The predicted octanol–water partition coefficient (Wildman–Crippen LogP) is 0.629. The maximum atomic E-state index is 5.72. The van der Waals surface area contributed by atoms with Crippen molar-refractivity contribution in [2.45, 2.75) is 6.92 Å². The van der Waals surface area contributed by atoms with Crippen LogP contribution in [0, 0.1) is 6.92 Å². The summed E-state index contributed by atoms with van der Waals surface area (Å²) in [5.74, 6) is 1.35. The summed E-state index contributed by atoms with van der Waals surface area (Å²) in [5, 5.41) is 7.87. The average molecular weight is 178 g/mol. The molecule has 0 aliphatic carbocycles. The Morgan fingerprint density at radius 3 is 2.85 bits per heavy atom. The normalized spacial score (nSPS) is 10.6. The van der Waals surface area contributed by atoms with Crippen molar-refractivity contribution in [1.29, 1.82) is 0 Å². The lowest BCUT2D eigenvalue weighted by molar-refractivity contribution is 0.393. The lowest BCUT2D eigenvalue weighted by Gasteiger charge is -2.06. The van der Waals surface area contributed by atoms with E-state index in [1.807, 2.05) is 6.92 Å². The molecular weight excluding hydrogens is 168 g/mol. The zero-order valence-electron chi connectivity index (χ0n) is 7.48. The largest absolute Gasteiger partial charge is 0.480 e. The Balaban J connectivity index is 2.88. The molecule has 0 spiro atoms. The van der Waals surface area contributed by atoms with Crippen molar-refractivity contribution >= 4 is 11.3 Å². The van der Waals surface area contributed by atoms with E-state index in [4.69, 9.17) is 10.5 Å². The van der Waals surface area contributed by atoms with E-state index in [1.54, 1.807) is 23.6 Å². The molecule has 68 valence electrons. The van der Waals surface area contributed by atoms with Crippen LogP contribution in [0.3, 0.4) is 0 Å². The molecule has 0 bridgehead atoms. The fraction of sp³-hybridized carbons (Fsp3) is 0.250. The highest BCUT2D eigenvalue weighted by atomic mass is 16.5. The van der Waals surface area contributed by atoms with Crippen molar-refractivity contribution < 1.29 is 4.74 Å². The number of rotatable bonds is 1. The van der Waals surface area contributed by atoms with Crippen LogP contribution in [0.2, 0.25) is 0 Å². The van der Waals surface area contributed by atoms with Gasteiger partial charge >= 0.3 is 0 Å². The third-order valence-electron chi connectivity index (χ3n) is 1.91. The molecule has 0 fully saturated rings. The number of ether oxygens (including phenoxy) is 1. The molecule has 0 saturated carbocycles. The van der Waals surface area contributed by atoms with E-state index in [0.717, 1.165) is 11.5 Å². The minimum atomic E-state index is 0.581. The standard InChI is InChI=1S/C8H10N4O/c1-5-10-11-7-4-3-6(9)8(13-2)12(5)7/h3-4H,9H2,1-2H3. The summed E-state index contributed by atoms with van der Waals surface area (Å²) in [4.78, 5) is 0. The highest BCUT2D eigenvalue weighted by Gasteiger charge is 2.08. The topological polar surface area (TPSA) is 65.4 Å². The lowest BCUT2D eigenvalue weighted by Crippen LogP contribution is -2.00. The van der Waals surface area contributed by atoms with Gasteiger partial charge in [0, 0.05) is 0 Å². The Labute approximate surface area is 75.1 Å². The summed E-state index contributed by atoms with van der Waals surface area (Å²) in [5.41, 5.74) is 7.04. The lowest BCUT2D eigenvalue weighted by atomic mass is 10.4. The Bertz CT molecular complexity index is 449. The number of methoxy groups -OCH3 is 1. The minimum absolute atomic E-state index is 0.581. The van der Waals surface area contributed by atoms with Gasteiger partial charge in [-0.1, -0.05) is 0 Å². The summed E-state index contributed by atoms with van der Waals surface area (Å²) in [6.45, 7) is 1.85. The molecule has 2 aromatic rings. The zero-order chi connectivity index (χ0) is 9.42. The van der Waals surface area contributed by atoms with Crippen molar-refractivity contribution in [1.82, 2.24) is 14.6 Å². The van der Waals surface area contributed by atoms with E-state index in [-0.39, 0.29) is 0 Å². The SMILES string of the molecule is COc1c(N)ccc2nnc(C)n12. The summed E-state index contributed by atoms with van der Waals surface area (Å²) in [7, 11) is 1.57. The second-order valence-electron chi connectivity index (χ2n) is 2.74. The molecule has 0 unspecified atom stereocenters. The Hall–Kier alpha value is -1.78. The Morgan fingerprint density at radius 2 is 2.15 bits per heavy atom. The number of nitrogens with zero attached hydrogens (tertiary/aromatic N) is 3. The van der Waals surface area contributed by atoms with Crippen LogP contribution in [0.15, 0.2) is 12.1 Å². The van der Waals surface area contributed by atoms with Crippen molar-refractivity contribution in [2.24, 2.45) is 0 Å². The van der Waals surface area contributed by atoms with Crippen LogP contribution in [0.25, 0.3) is 5.65 Å². The monoisotopic (exact) mass is 178 g/mol. The number of nitrogens with two attached hydrogens (primary N) is 1. The van der Waals surface area contributed by atoms with Crippen molar-refractivity contribution in [3.8, 4) is 5.88 Å². The Kier molecular flexibility index (Phi) is 1.58. The highest BCUT2D eigenvalue weighted by Crippen LogP contribution is 2.22. The first-order valence-electron chi connectivity index (χ1n) is 3.88. The van der Waals surface area contributed by atoms with Crippen LogP contribution in [-0.2, 0) is 0 Å². The van der Waals surface area contributed by atoms with Crippen LogP contribution in [-0.4, -0.2) is 21.7 Å². The van der Waals surface area contributed by atoms with Gasteiger partial charge in [-0.05, 0) is 19.1 Å². The first-order valence-corrected chi connectivity index (χ1v) is 3.88. The minimum Gasteiger partial charge on any atom is -0.480 e. The second-order valence-corrected chi connectivity index (χ2v) is 2.74. The molecule has 2 rings (SSSR count). The summed E-state index contributed by atoms with van der Waals surface area (Å²) in [6, 6.07) is 3.56. The molecule has 0 radical (unpaired) electrons. The molecule has 0 saturated heterocycles. The van der Waals surface area contributed by atoms with Gasteiger partial charge in [0.2, 0.25) is 5.88 Å². The van der Waals surface area contributed by atoms with Gasteiger partial charge < -0.3 is 10.5 Å². The van der Waals surface area contributed by atoms with Crippen molar-refractivity contribution in [3.63, 3.8) is 0 Å². The number of fused-ring (bicyclic) bond motifs is 1.